The van der Waals surface area contributed by atoms with Crippen LogP contribution in [0.4, 0.5) is 0 Å². The summed E-state index contributed by atoms with van der Waals surface area (Å²) in [5.74, 6) is 3.00. The molecule has 4 atom stereocenters. The minimum Gasteiger partial charge on any atom is -0.329 e. The number of nitrogens with zero attached hydrogens (tertiary/aromatic N) is 1. The summed E-state index contributed by atoms with van der Waals surface area (Å²) in [4.78, 5) is 2.84. The molecule has 116 valence electrons. The van der Waals surface area contributed by atoms with Crippen LogP contribution in [-0.2, 0) is 0 Å². The molecule has 2 heteroatoms. The van der Waals surface area contributed by atoms with Crippen LogP contribution in [0.3, 0.4) is 0 Å². The Hall–Kier alpha value is -0.0800. The molecule has 0 spiro atoms. The van der Waals surface area contributed by atoms with E-state index in [1.165, 1.54) is 77.3 Å². The minimum absolute atomic E-state index is 0.368. The van der Waals surface area contributed by atoms with Crippen molar-refractivity contribution in [2.45, 2.75) is 76.7 Å². The second-order valence-electron chi connectivity index (χ2n) is 7.87. The van der Waals surface area contributed by atoms with Gasteiger partial charge in [0.1, 0.15) is 0 Å². The molecule has 3 rings (SSSR count). The molecule has 3 aliphatic rings. The van der Waals surface area contributed by atoms with Gasteiger partial charge in [0.05, 0.1) is 0 Å². The second-order valence-corrected chi connectivity index (χ2v) is 7.87. The summed E-state index contributed by atoms with van der Waals surface area (Å²) < 4.78 is 0. The highest BCUT2D eigenvalue weighted by Crippen LogP contribution is 2.44. The lowest BCUT2D eigenvalue weighted by atomic mass is 9.87. The molecular weight excluding hydrogens is 244 g/mol. The minimum atomic E-state index is 0.368. The van der Waals surface area contributed by atoms with Crippen LogP contribution in [0, 0.1) is 17.8 Å². The smallest absolute Gasteiger partial charge is 0.0332 e. The molecule has 2 aliphatic carbocycles. The molecule has 0 bridgehead atoms. The van der Waals surface area contributed by atoms with E-state index in [-0.39, 0.29) is 0 Å². The van der Waals surface area contributed by atoms with Crippen molar-refractivity contribution >= 4 is 0 Å². The summed E-state index contributed by atoms with van der Waals surface area (Å²) in [6, 6.07) is 0. The molecule has 2 nitrogen and oxygen atoms in total. The van der Waals surface area contributed by atoms with Gasteiger partial charge in [0.15, 0.2) is 0 Å². The van der Waals surface area contributed by atoms with E-state index in [1.54, 1.807) is 0 Å². The van der Waals surface area contributed by atoms with Gasteiger partial charge in [-0.15, -0.1) is 0 Å². The van der Waals surface area contributed by atoms with Gasteiger partial charge in [0.25, 0.3) is 0 Å². The molecule has 0 amide bonds. The standard InChI is InChI=1S/C18H34N2/c1-2-5-15-6-4-10-18(14-19,11-9-15)20-12-16-7-3-8-17(16)13-20/h15-17H,2-14,19H2,1H3. The van der Waals surface area contributed by atoms with Crippen LogP contribution >= 0.6 is 0 Å². The Kier molecular flexibility index (Phi) is 4.72. The molecule has 1 saturated heterocycles. The summed E-state index contributed by atoms with van der Waals surface area (Å²) in [7, 11) is 0. The quantitative estimate of drug-likeness (QED) is 0.793. The largest absolute Gasteiger partial charge is 0.329 e. The highest BCUT2D eigenvalue weighted by atomic mass is 15.2. The van der Waals surface area contributed by atoms with Gasteiger partial charge in [0.2, 0.25) is 0 Å². The van der Waals surface area contributed by atoms with E-state index < -0.39 is 0 Å². The van der Waals surface area contributed by atoms with Gasteiger partial charge in [-0.2, -0.15) is 0 Å². The molecular formula is C18H34N2. The third-order valence-electron chi connectivity index (χ3n) is 6.75. The van der Waals surface area contributed by atoms with E-state index in [1.807, 2.05) is 0 Å². The number of hydrogen-bond donors (Lipinski definition) is 1. The van der Waals surface area contributed by atoms with Gasteiger partial charge in [0, 0.05) is 25.2 Å². The predicted molar refractivity (Wildman–Crippen MR) is 85.7 cm³/mol. The van der Waals surface area contributed by atoms with E-state index in [9.17, 15) is 0 Å². The molecule has 4 unspecified atom stereocenters. The SMILES string of the molecule is CCCC1CCCC(CN)(N2CC3CCCC3C2)CC1. The zero-order valence-electron chi connectivity index (χ0n) is 13.4. The van der Waals surface area contributed by atoms with Gasteiger partial charge in [-0.05, 0) is 49.9 Å². The lowest BCUT2D eigenvalue weighted by molar-refractivity contribution is 0.0943. The third-order valence-corrected chi connectivity index (χ3v) is 6.75. The van der Waals surface area contributed by atoms with Crippen LogP contribution in [-0.4, -0.2) is 30.1 Å². The maximum Gasteiger partial charge on any atom is 0.0332 e. The number of rotatable bonds is 4. The van der Waals surface area contributed by atoms with E-state index in [0.29, 0.717) is 5.54 Å². The summed E-state index contributed by atoms with van der Waals surface area (Å²) in [5.41, 5.74) is 6.68. The molecule has 20 heavy (non-hydrogen) atoms. The first-order chi connectivity index (χ1) is 9.77. The fourth-order valence-electron chi connectivity index (χ4n) is 5.43. The maximum atomic E-state index is 6.32. The van der Waals surface area contributed by atoms with Crippen LogP contribution in [0.1, 0.15) is 71.1 Å². The van der Waals surface area contributed by atoms with Gasteiger partial charge in [-0.3, -0.25) is 4.90 Å². The van der Waals surface area contributed by atoms with Crippen molar-refractivity contribution in [2.24, 2.45) is 23.5 Å². The highest BCUT2D eigenvalue weighted by Gasteiger charge is 2.45. The Morgan fingerprint density at radius 1 is 1.00 bits per heavy atom. The molecule has 2 saturated carbocycles. The van der Waals surface area contributed by atoms with Crippen molar-refractivity contribution in [1.29, 1.82) is 0 Å². The molecule has 1 aliphatic heterocycles. The van der Waals surface area contributed by atoms with Crippen LogP contribution < -0.4 is 5.73 Å². The van der Waals surface area contributed by atoms with E-state index >= 15 is 0 Å². The van der Waals surface area contributed by atoms with E-state index in [4.69, 9.17) is 5.73 Å². The van der Waals surface area contributed by atoms with Crippen molar-refractivity contribution in [3.8, 4) is 0 Å². The van der Waals surface area contributed by atoms with Crippen molar-refractivity contribution in [1.82, 2.24) is 4.90 Å². The number of hydrogen-bond acceptors (Lipinski definition) is 2. The van der Waals surface area contributed by atoms with Crippen molar-refractivity contribution in [2.75, 3.05) is 19.6 Å². The Balaban J connectivity index is 1.65. The predicted octanol–water partition coefficient (Wildman–Crippen LogP) is 3.80. The Labute approximate surface area is 125 Å². The molecule has 1 heterocycles. The fraction of sp³-hybridized carbons (Fsp3) is 1.00. The lowest BCUT2D eigenvalue weighted by Gasteiger charge is -2.41. The monoisotopic (exact) mass is 278 g/mol. The first kappa shape index (κ1) is 14.8. The first-order valence-electron chi connectivity index (χ1n) is 9.22. The van der Waals surface area contributed by atoms with Crippen LogP contribution in [0.25, 0.3) is 0 Å². The zero-order chi connectivity index (χ0) is 14.0. The summed E-state index contributed by atoms with van der Waals surface area (Å²) in [6.45, 7) is 5.95. The fourth-order valence-corrected chi connectivity index (χ4v) is 5.43. The molecule has 0 aromatic heterocycles. The third kappa shape index (κ3) is 2.78. The maximum absolute atomic E-state index is 6.32. The van der Waals surface area contributed by atoms with Crippen LogP contribution in [0.15, 0.2) is 0 Å². The van der Waals surface area contributed by atoms with E-state index in [2.05, 4.69) is 11.8 Å². The molecule has 0 radical (unpaired) electrons. The Bertz CT molecular complexity index is 305. The zero-order valence-corrected chi connectivity index (χ0v) is 13.4. The average molecular weight is 278 g/mol. The van der Waals surface area contributed by atoms with Gasteiger partial charge < -0.3 is 5.73 Å². The van der Waals surface area contributed by atoms with Crippen molar-refractivity contribution in [3.05, 3.63) is 0 Å². The second kappa shape index (κ2) is 6.36. The van der Waals surface area contributed by atoms with E-state index in [0.717, 1.165) is 24.3 Å². The van der Waals surface area contributed by atoms with Crippen molar-refractivity contribution < 1.29 is 0 Å². The lowest BCUT2D eigenvalue weighted by Crippen LogP contribution is -2.53. The highest BCUT2D eigenvalue weighted by molar-refractivity contribution is 5.00. The van der Waals surface area contributed by atoms with Gasteiger partial charge >= 0.3 is 0 Å². The van der Waals surface area contributed by atoms with Crippen LogP contribution in [0.2, 0.25) is 0 Å². The Morgan fingerprint density at radius 3 is 2.40 bits per heavy atom. The molecule has 3 fully saturated rings. The van der Waals surface area contributed by atoms with Gasteiger partial charge in [-0.25, -0.2) is 0 Å². The molecule has 0 aromatic rings. The normalized spacial score (nSPS) is 42.6. The van der Waals surface area contributed by atoms with Crippen LogP contribution in [0.5, 0.6) is 0 Å². The number of likely N-dealkylation sites (tertiary alicyclic amines) is 1. The molecule has 2 N–H and O–H groups in total. The Morgan fingerprint density at radius 2 is 1.75 bits per heavy atom. The number of nitrogens with two attached hydrogens (primary N) is 1. The van der Waals surface area contributed by atoms with Crippen molar-refractivity contribution in [3.63, 3.8) is 0 Å². The summed E-state index contributed by atoms with van der Waals surface area (Å²) in [6.07, 6.45) is 14.3. The first-order valence-corrected chi connectivity index (χ1v) is 9.22. The summed E-state index contributed by atoms with van der Waals surface area (Å²) >= 11 is 0. The number of fused-ring (bicyclic) bond motifs is 1. The van der Waals surface area contributed by atoms with Gasteiger partial charge in [-0.1, -0.05) is 39.0 Å². The topological polar surface area (TPSA) is 29.3 Å². The summed E-state index contributed by atoms with van der Waals surface area (Å²) in [5, 5.41) is 0. The average Bonchev–Trinajstić information content (AvgIpc) is 2.98. The molecule has 0 aromatic carbocycles.